The van der Waals surface area contributed by atoms with Crippen molar-refractivity contribution in [3.63, 3.8) is 0 Å². The summed E-state index contributed by atoms with van der Waals surface area (Å²) in [5, 5.41) is 12.1. The topological polar surface area (TPSA) is 93.8 Å². The lowest BCUT2D eigenvalue weighted by molar-refractivity contribution is 0.0698. The van der Waals surface area contributed by atoms with Gasteiger partial charge in [-0.3, -0.25) is 0 Å². The molecule has 0 spiro atoms. The lowest BCUT2D eigenvalue weighted by Gasteiger charge is -2.12. The number of nitrogens with two attached hydrogens (primary N) is 1. The highest BCUT2D eigenvalue weighted by atomic mass is 19.1. The molecule has 3 rings (SSSR count). The summed E-state index contributed by atoms with van der Waals surface area (Å²) in [7, 11) is 0. The molecule has 0 fully saturated rings. The fraction of sp³-hybridized carbons (Fsp3) is 0.0714. The van der Waals surface area contributed by atoms with E-state index in [1.54, 1.807) is 18.2 Å². The van der Waals surface area contributed by atoms with E-state index in [1.807, 2.05) is 0 Å². The first kappa shape index (κ1) is 13.0. The van der Waals surface area contributed by atoms with Crippen molar-refractivity contribution in [3.05, 3.63) is 41.7 Å². The van der Waals surface area contributed by atoms with Crippen LogP contribution in [0.1, 0.15) is 10.4 Å². The molecule has 0 bridgehead atoms. The molecule has 1 aliphatic rings. The van der Waals surface area contributed by atoms with Crippen LogP contribution in [0.15, 0.2) is 30.3 Å². The minimum absolute atomic E-state index is 0.142. The molecule has 0 amide bonds. The number of nitrogens with one attached hydrogen (secondary N) is 1. The summed E-state index contributed by atoms with van der Waals surface area (Å²) in [6, 6.07) is 7.47. The molecule has 0 saturated heterocycles. The largest absolute Gasteiger partial charge is 0.478 e. The lowest BCUT2D eigenvalue weighted by Crippen LogP contribution is -2.08. The van der Waals surface area contributed by atoms with Gasteiger partial charge in [-0.15, -0.1) is 0 Å². The predicted octanol–water partition coefficient (Wildman–Crippen LogP) is 2.58. The van der Waals surface area contributed by atoms with Gasteiger partial charge in [0.1, 0.15) is 11.4 Å². The Bertz CT molecular complexity index is 733. The fourth-order valence-corrected chi connectivity index (χ4v) is 2.06. The summed E-state index contributed by atoms with van der Waals surface area (Å²) in [5.74, 6) is -0.927. The Morgan fingerprint density at radius 2 is 2.00 bits per heavy atom. The molecule has 108 valence electrons. The Labute approximate surface area is 118 Å². The number of benzene rings is 2. The summed E-state index contributed by atoms with van der Waals surface area (Å²) in [5.41, 5.74) is 5.54. The number of carboxylic acid groups (broad SMARTS) is 1. The number of hydrogen-bond acceptors (Lipinski definition) is 5. The maximum absolute atomic E-state index is 13.4. The number of nitrogen functional groups attached to an aromatic ring is 1. The smallest absolute Gasteiger partial charge is 0.340 e. The van der Waals surface area contributed by atoms with Gasteiger partial charge in [-0.25, -0.2) is 9.18 Å². The molecule has 0 aliphatic carbocycles. The molecule has 4 N–H and O–H groups in total. The van der Waals surface area contributed by atoms with Gasteiger partial charge in [0.15, 0.2) is 11.5 Å². The molecule has 0 unspecified atom stereocenters. The third kappa shape index (κ3) is 2.29. The van der Waals surface area contributed by atoms with E-state index in [1.165, 1.54) is 6.07 Å². The Morgan fingerprint density at radius 1 is 1.24 bits per heavy atom. The summed E-state index contributed by atoms with van der Waals surface area (Å²) < 4.78 is 23.8. The Hall–Kier alpha value is -2.96. The number of anilines is 3. The van der Waals surface area contributed by atoms with E-state index in [0.717, 1.165) is 6.07 Å². The number of aromatic carboxylic acids is 1. The standard InChI is InChI=1S/C14H11FN2O4/c15-8-2-3-9(12(13(8)16)14(18)19)17-7-1-4-10-11(5-7)21-6-20-10/h1-5,17H,6,16H2,(H,18,19). The van der Waals surface area contributed by atoms with Gasteiger partial charge >= 0.3 is 5.97 Å². The van der Waals surface area contributed by atoms with Crippen LogP contribution < -0.4 is 20.5 Å². The Balaban J connectivity index is 1.98. The monoisotopic (exact) mass is 290 g/mol. The molecule has 2 aromatic rings. The number of halogens is 1. The zero-order chi connectivity index (χ0) is 15.0. The molecule has 1 aliphatic heterocycles. The second-order valence-electron chi connectivity index (χ2n) is 4.38. The number of carbonyl (C=O) groups is 1. The fourth-order valence-electron chi connectivity index (χ4n) is 2.06. The molecule has 0 atom stereocenters. The first-order valence-corrected chi connectivity index (χ1v) is 6.04. The van der Waals surface area contributed by atoms with Gasteiger partial charge in [0.25, 0.3) is 0 Å². The zero-order valence-corrected chi connectivity index (χ0v) is 10.7. The SMILES string of the molecule is Nc1c(F)ccc(Nc2ccc3c(c2)OCO3)c1C(=O)O. The molecule has 6 nitrogen and oxygen atoms in total. The summed E-state index contributed by atoms with van der Waals surface area (Å²) in [6.07, 6.45) is 0. The van der Waals surface area contributed by atoms with Gasteiger partial charge in [0.2, 0.25) is 6.79 Å². The second kappa shape index (κ2) is 4.86. The highest BCUT2D eigenvalue weighted by Crippen LogP contribution is 2.36. The van der Waals surface area contributed by atoms with Gasteiger partial charge in [-0.2, -0.15) is 0 Å². The van der Waals surface area contributed by atoms with Crippen LogP contribution in [0.25, 0.3) is 0 Å². The summed E-state index contributed by atoms with van der Waals surface area (Å²) in [6.45, 7) is 0.142. The van der Waals surface area contributed by atoms with Crippen LogP contribution in [0.3, 0.4) is 0 Å². The van der Waals surface area contributed by atoms with Crippen LogP contribution in [-0.2, 0) is 0 Å². The quantitative estimate of drug-likeness (QED) is 0.752. The van der Waals surface area contributed by atoms with Gasteiger partial charge < -0.3 is 25.6 Å². The first-order chi connectivity index (χ1) is 10.1. The molecule has 21 heavy (non-hydrogen) atoms. The van der Waals surface area contributed by atoms with Crippen molar-refractivity contribution in [3.8, 4) is 11.5 Å². The average Bonchev–Trinajstić information content (AvgIpc) is 2.90. The molecule has 0 radical (unpaired) electrons. The lowest BCUT2D eigenvalue weighted by atomic mass is 10.1. The average molecular weight is 290 g/mol. The zero-order valence-electron chi connectivity index (χ0n) is 10.7. The number of hydrogen-bond donors (Lipinski definition) is 3. The van der Waals surface area contributed by atoms with Crippen LogP contribution in [-0.4, -0.2) is 17.9 Å². The normalized spacial score (nSPS) is 12.2. The van der Waals surface area contributed by atoms with E-state index in [2.05, 4.69) is 5.32 Å². The maximum atomic E-state index is 13.4. The minimum atomic E-state index is -1.31. The molecule has 1 heterocycles. The van der Waals surface area contributed by atoms with E-state index in [9.17, 15) is 14.3 Å². The van der Waals surface area contributed by atoms with Gasteiger partial charge in [0.05, 0.1) is 11.4 Å². The summed E-state index contributed by atoms with van der Waals surface area (Å²) in [4.78, 5) is 11.2. The van der Waals surface area contributed by atoms with Gasteiger partial charge in [-0.05, 0) is 24.3 Å². The highest BCUT2D eigenvalue weighted by Gasteiger charge is 2.19. The molecular weight excluding hydrogens is 279 g/mol. The second-order valence-corrected chi connectivity index (χ2v) is 4.38. The minimum Gasteiger partial charge on any atom is -0.478 e. The highest BCUT2D eigenvalue weighted by molar-refractivity contribution is 6.00. The molecule has 0 aromatic heterocycles. The van der Waals surface area contributed by atoms with Gasteiger partial charge in [-0.1, -0.05) is 0 Å². The number of rotatable bonds is 3. The van der Waals surface area contributed by atoms with E-state index >= 15 is 0 Å². The first-order valence-electron chi connectivity index (χ1n) is 6.04. The van der Waals surface area contributed by atoms with Crippen LogP contribution in [0.4, 0.5) is 21.5 Å². The van der Waals surface area contributed by atoms with Gasteiger partial charge in [0, 0.05) is 11.8 Å². The van der Waals surface area contributed by atoms with E-state index in [-0.39, 0.29) is 18.0 Å². The molecule has 7 heteroatoms. The van der Waals surface area contributed by atoms with Crippen LogP contribution in [0.2, 0.25) is 0 Å². The third-order valence-corrected chi connectivity index (χ3v) is 3.06. The molecule has 0 saturated carbocycles. The number of carboxylic acids is 1. The van der Waals surface area contributed by atoms with Crippen LogP contribution in [0, 0.1) is 5.82 Å². The molecular formula is C14H11FN2O4. The van der Waals surface area contributed by atoms with Crippen LogP contribution >= 0.6 is 0 Å². The Morgan fingerprint density at radius 3 is 2.76 bits per heavy atom. The van der Waals surface area contributed by atoms with Crippen molar-refractivity contribution in [1.29, 1.82) is 0 Å². The predicted molar refractivity (Wildman–Crippen MR) is 73.6 cm³/mol. The molecule has 2 aromatic carbocycles. The third-order valence-electron chi connectivity index (χ3n) is 3.06. The van der Waals surface area contributed by atoms with E-state index < -0.39 is 17.5 Å². The van der Waals surface area contributed by atoms with Crippen LogP contribution in [0.5, 0.6) is 11.5 Å². The van der Waals surface area contributed by atoms with Crippen molar-refractivity contribution >= 4 is 23.0 Å². The van der Waals surface area contributed by atoms with Crippen molar-refractivity contribution in [2.75, 3.05) is 17.8 Å². The number of ether oxygens (including phenoxy) is 2. The van der Waals surface area contributed by atoms with E-state index in [4.69, 9.17) is 15.2 Å². The van der Waals surface area contributed by atoms with Crippen molar-refractivity contribution < 1.29 is 23.8 Å². The summed E-state index contributed by atoms with van der Waals surface area (Å²) >= 11 is 0. The Kier molecular flexibility index (Phi) is 3.02. The maximum Gasteiger partial charge on any atom is 0.340 e. The number of fused-ring (bicyclic) bond motifs is 1. The van der Waals surface area contributed by atoms with E-state index in [0.29, 0.717) is 17.2 Å². The van der Waals surface area contributed by atoms with Crippen molar-refractivity contribution in [1.82, 2.24) is 0 Å². The van der Waals surface area contributed by atoms with Crippen molar-refractivity contribution in [2.45, 2.75) is 0 Å². The van der Waals surface area contributed by atoms with Crippen molar-refractivity contribution in [2.24, 2.45) is 0 Å².